The molecule has 0 saturated carbocycles. The number of hydrogen-bond acceptors (Lipinski definition) is 3. The summed E-state index contributed by atoms with van der Waals surface area (Å²) in [7, 11) is 1.83. The number of aliphatic hydroxyl groups excluding tert-OH is 1. The van der Waals surface area contributed by atoms with Gasteiger partial charge in [-0.2, -0.15) is 0 Å². The van der Waals surface area contributed by atoms with Crippen LogP contribution in [0, 0.1) is 6.92 Å². The molecule has 0 aliphatic carbocycles. The van der Waals surface area contributed by atoms with Crippen LogP contribution in [-0.2, 0) is 16.6 Å². The summed E-state index contributed by atoms with van der Waals surface area (Å²) in [4.78, 5) is 23.7. The molecule has 1 aromatic heterocycles. The summed E-state index contributed by atoms with van der Waals surface area (Å²) in [6.07, 6.45) is 1.44. The second-order valence-corrected chi connectivity index (χ2v) is 5.88. The molecule has 1 aromatic carbocycles. The maximum Gasteiger partial charge on any atom is 0.313 e. The van der Waals surface area contributed by atoms with Crippen LogP contribution in [0.1, 0.15) is 23.8 Å². The lowest BCUT2D eigenvalue weighted by atomic mass is 10.2. The number of carbonyl (C=O) groups excluding carboxylic acids is 2. The van der Waals surface area contributed by atoms with Crippen molar-refractivity contribution in [3.8, 4) is 0 Å². The summed E-state index contributed by atoms with van der Waals surface area (Å²) in [5, 5.41) is 15.6. The van der Waals surface area contributed by atoms with Crippen LogP contribution in [0.3, 0.4) is 0 Å². The third-order valence-corrected chi connectivity index (χ3v) is 4.16. The van der Waals surface area contributed by atoms with Gasteiger partial charge in [0.25, 0.3) is 0 Å². The number of halogens is 1. The van der Waals surface area contributed by atoms with Crippen molar-refractivity contribution in [3.05, 3.63) is 52.8 Å². The van der Waals surface area contributed by atoms with Crippen LogP contribution in [0.15, 0.2) is 36.5 Å². The molecular formula is C17H20ClN3O3. The largest absolute Gasteiger partial charge is 0.387 e. The first-order chi connectivity index (χ1) is 11.4. The quantitative estimate of drug-likeness (QED) is 0.723. The van der Waals surface area contributed by atoms with E-state index in [1.54, 1.807) is 35.8 Å². The fourth-order valence-corrected chi connectivity index (χ4v) is 2.47. The number of anilines is 1. The highest BCUT2D eigenvalue weighted by Crippen LogP contribution is 2.22. The highest BCUT2D eigenvalue weighted by Gasteiger charge is 2.16. The van der Waals surface area contributed by atoms with E-state index < -0.39 is 17.9 Å². The van der Waals surface area contributed by atoms with Gasteiger partial charge in [0.1, 0.15) is 0 Å². The van der Waals surface area contributed by atoms with E-state index in [0.29, 0.717) is 22.7 Å². The molecule has 1 heterocycles. The second-order valence-electron chi connectivity index (χ2n) is 5.47. The van der Waals surface area contributed by atoms with Crippen LogP contribution >= 0.6 is 11.6 Å². The van der Waals surface area contributed by atoms with Gasteiger partial charge in [0.15, 0.2) is 0 Å². The van der Waals surface area contributed by atoms with E-state index in [1.807, 2.05) is 19.3 Å². The fourth-order valence-electron chi connectivity index (χ4n) is 2.29. The average molecular weight is 350 g/mol. The summed E-state index contributed by atoms with van der Waals surface area (Å²) >= 11 is 5.98. The first-order valence-corrected chi connectivity index (χ1v) is 7.91. The average Bonchev–Trinajstić information content (AvgIpc) is 2.97. The first kappa shape index (κ1) is 18.0. The minimum atomic E-state index is -0.770. The molecule has 2 amide bonds. The van der Waals surface area contributed by atoms with Crippen LogP contribution in [0.5, 0.6) is 0 Å². The van der Waals surface area contributed by atoms with E-state index >= 15 is 0 Å². The zero-order valence-corrected chi connectivity index (χ0v) is 14.3. The lowest BCUT2D eigenvalue weighted by Gasteiger charge is -2.13. The molecule has 7 heteroatoms. The van der Waals surface area contributed by atoms with E-state index in [9.17, 15) is 14.7 Å². The Balaban J connectivity index is 1.83. The predicted molar refractivity (Wildman–Crippen MR) is 92.8 cm³/mol. The molecule has 1 atom stereocenters. The number of aromatic nitrogens is 1. The standard InChI is InChI=1S/C17H20ClN3O3/c1-11-12(18)5-3-6-13(11)20-17(24)16(23)19-9-8-15(22)14-7-4-10-21(14)2/h3-7,10,15,22H,8-9H2,1-2H3,(H,19,23)(H,20,24). The number of nitrogens with one attached hydrogen (secondary N) is 2. The molecule has 0 bridgehead atoms. The predicted octanol–water partition coefficient (Wildman–Crippen LogP) is 2.17. The van der Waals surface area contributed by atoms with Gasteiger partial charge in [0.05, 0.1) is 6.10 Å². The molecule has 128 valence electrons. The molecule has 2 rings (SSSR count). The van der Waals surface area contributed by atoms with Crippen LogP contribution < -0.4 is 10.6 Å². The molecule has 2 aromatic rings. The Morgan fingerprint density at radius 1 is 1.25 bits per heavy atom. The monoisotopic (exact) mass is 349 g/mol. The number of rotatable bonds is 5. The topological polar surface area (TPSA) is 83.4 Å². The highest BCUT2D eigenvalue weighted by atomic mass is 35.5. The van der Waals surface area contributed by atoms with Gasteiger partial charge < -0.3 is 20.3 Å². The van der Waals surface area contributed by atoms with E-state index in [4.69, 9.17) is 11.6 Å². The molecule has 0 aliphatic heterocycles. The van der Waals surface area contributed by atoms with E-state index in [2.05, 4.69) is 10.6 Å². The molecule has 0 radical (unpaired) electrons. The summed E-state index contributed by atoms with van der Waals surface area (Å²) in [6, 6.07) is 8.71. The molecule has 0 aliphatic rings. The Morgan fingerprint density at radius 2 is 2.00 bits per heavy atom. The molecular weight excluding hydrogens is 330 g/mol. The van der Waals surface area contributed by atoms with Gasteiger partial charge in [0.2, 0.25) is 0 Å². The Morgan fingerprint density at radius 3 is 2.67 bits per heavy atom. The van der Waals surface area contributed by atoms with Gasteiger partial charge >= 0.3 is 11.8 Å². The third-order valence-electron chi connectivity index (χ3n) is 3.75. The zero-order chi connectivity index (χ0) is 17.7. The van der Waals surface area contributed by atoms with Crippen LogP contribution in [-0.4, -0.2) is 28.0 Å². The minimum absolute atomic E-state index is 0.188. The number of nitrogens with zero attached hydrogens (tertiary/aromatic N) is 1. The maximum absolute atomic E-state index is 11.9. The molecule has 1 unspecified atom stereocenters. The minimum Gasteiger partial charge on any atom is -0.387 e. The number of aliphatic hydroxyl groups is 1. The number of carbonyl (C=O) groups is 2. The summed E-state index contributed by atoms with van der Waals surface area (Å²) in [5.74, 6) is -1.53. The smallest absolute Gasteiger partial charge is 0.313 e. The van der Waals surface area contributed by atoms with Crippen LogP contribution in [0.25, 0.3) is 0 Å². The second kappa shape index (κ2) is 7.99. The van der Waals surface area contributed by atoms with Gasteiger partial charge in [-0.25, -0.2) is 0 Å². The summed E-state index contributed by atoms with van der Waals surface area (Å²) in [6.45, 7) is 1.94. The Hall–Kier alpha value is -2.31. The number of hydrogen-bond donors (Lipinski definition) is 3. The van der Waals surface area contributed by atoms with Crippen LogP contribution in [0.4, 0.5) is 5.69 Å². The molecule has 0 fully saturated rings. The SMILES string of the molecule is Cc1c(Cl)cccc1NC(=O)C(=O)NCCC(O)c1cccn1C. The molecule has 24 heavy (non-hydrogen) atoms. The zero-order valence-electron chi connectivity index (χ0n) is 13.5. The molecule has 0 saturated heterocycles. The Kier molecular flexibility index (Phi) is 6.00. The highest BCUT2D eigenvalue weighted by molar-refractivity contribution is 6.40. The molecule has 3 N–H and O–H groups in total. The molecule has 6 nitrogen and oxygen atoms in total. The number of benzene rings is 1. The van der Waals surface area contributed by atoms with Crippen molar-refractivity contribution >= 4 is 29.1 Å². The van der Waals surface area contributed by atoms with Crippen molar-refractivity contribution in [1.29, 1.82) is 0 Å². The normalized spacial score (nSPS) is 11.8. The lowest BCUT2D eigenvalue weighted by Crippen LogP contribution is -2.36. The van der Waals surface area contributed by atoms with E-state index in [1.165, 1.54) is 0 Å². The molecule has 0 spiro atoms. The Bertz CT molecular complexity index is 742. The summed E-state index contributed by atoms with van der Waals surface area (Å²) < 4.78 is 1.81. The van der Waals surface area contributed by atoms with E-state index in [0.717, 1.165) is 5.69 Å². The van der Waals surface area contributed by atoms with Gasteiger partial charge in [-0.1, -0.05) is 17.7 Å². The third kappa shape index (κ3) is 4.37. The van der Waals surface area contributed by atoms with Gasteiger partial charge in [-0.3, -0.25) is 9.59 Å². The van der Waals surface area contributed by atoms with Gasteiger partial charge in [-0.05, 0) is 43.2 Å². The van der Waals surface area contributed by atoms with Crippen molar-refractivity contribution < 1.29 is 14.7 Å². The van der Waals surface area contributed by atoms with Crippen molar-refractivity contribution in [2.24, 2.45) is 7.05 Å². The number of aryl methyl sites for hydroxylation is 1. The van der Waals surface area contributed by atoms with Gasteiger partial charge in [-0.15, -0.1) is 0 Å². The van der Waals surface area contributed by atoms with Crippen molar-refractivity contribution in [3.63, 3.8) is 0 Å². The van der Waals surface area contributed by atoms with Crippen LogP contribution in [0.2, 0.25) is 5.02 Å². The fraction of sp³-hybridized carbons (Fsp3) is 0.294. The first-order valence-electron chi connectivity index (χ1n) is 7.53. The lowest BCUT2D eigenvalue weighted by molar-refractivity contribution is -0.136. The van der Waals surface area contributed by atoms with Crippen molar-refractivity contribution in [2.45, 2.75) is 19.4 Å². The van der Waals surface area contributed by atoms with Crippen molar-refractivity contribution in [1.82, 2.24) is 9.88 Å². The van der Waals surface area contributed by atoms with Gasteiger partial charge in [0, 0.05) is 36.2 Å². The van der Waals surface area contributed by atoms with E-state index in [-0.39, 0.29) is 6.54 Å². The van der Waals surface area contributed by atoms with Crippen molar-refractivity contribution in [2.75, 3.05) is 11.9 Å². The summed E-state index contributed by atoms with van der Waals surface area (Å²) in [5.41, 5.74) is 1.94. The maximum atomic E-state index is 11.9. The number of amides is 2. The Labute approximate surface area is 145 Å².